The lowest BCUT2D eigenvalue weighted by atomic mass is 10.5. The summed E-state index contributed by atoms with van der Waals surface area (Å²) in [4.78, 5) is 2.44. The van der Waals surface area contributed by atoms with Crippen LogP contribution in [0.3, 0.4) is 0 Å². The molecule has 0 bridgehead atoms. The first-order chi connectivity index (χ1) is 6.14. The van der Waals surface area contributed by atoms with E-state index in [0.717, 1.165) is 0 Å². The third kappa shape index (κ3) is 4.24. The number of hydrogen-bond acceptors (Lipinski definition) is 4. The third-order valence-corrected chi connectivity index (χ3v) is 3.32. The molecule has 0 aromatic rings. The molecule has 1 aliphatic rings. The highest BCUT2D eigenvalue weighted by Gasteiger charge is 2.16. The number of sulfonamides is 1. The van der Waals surface area contributed by atoms with E-state index in [-0.39, 0.29) is 11.6 Å². The second-order valence-corrected chi connectivity index (χ2v) is 4.90. The van der Waals surface area contributed by atoms with Gasteiger partial charge in [0.1, 0.15) is 0 Å². The van der Waals surface area contributed by atoms with Crippen molar-refractivity contribution < 1.29 is 13.2 Å². The molecule has 7 heteroatoms. The van der Waals surface area contributed by atoms with Gasteiger partial charge in [0.05, 0.1) is 19.0 Å². The lowest BCUT2D eigenvalue weighted by Gasteiger charge is -2.26. The number of halogens is 1. The molecule has 78 valence electrons. The largest absolute Gasteiger partial charge is 0.379 e. The second-order valence-electron chi connectivity index (χ2n) is 2.70. The molecule has 0 atom stereocenters. The first kappa shape index (κ1) is 11.2. The van der Waals surface area contributed by atoms with Gasteiger partial charge in [0.25, 0.3) is 0 Å². The first-order valence-corrected chi connectivity index (χ1v) is 6.21. The van der Waals surface area contributed by atoms with Gasteiger partial charge in [0.2, 0.25) is 10.0 Å². The molecule has 1 fully saturated rings. The molecule has 0 radical (unpaired) electrons. The molecule has 1 rings (SSSR count). The minimum Gasteiger partial charge on any atom is -0.379 e. The summed E-state index contributed by atoms with van der Waals surface area (Å²) in [5, 5.41) is 1.63. The van der Waals surface area contributed by atoms with Gasteiger partial charge in [-0.3, -0.25) is 0 Å². The number of morpholine rings is 1. The summed E-state index contributed by atoms with van der Waals surface area (Å²) in [6.07, 6.45) is 0. The van der Waals surface area contributed by atoms with Crippen molar-refractivity contribution in [1.29, 1.82) is 0 Å². The summed E-state index contributed by atoms with van der Waals surface area (Å²) >= 11 is 5.34. The van der Waals surface area contributed by atoms with Crippen molar-refractivity contribution in [2.24, 2.45) is 0 Å². The van der Waals surface area contributed by atoms with Crippen LogP contribution in [0.4, 0.5) is 0 Å². The maximum absolute atomic E-state index is 11.2. The zero-order chi connectivity index (χ0) is 9.73. The van der Waals surface area contributed by atoms with E-state index in [1.807, 2.05) is 0 Å². The lowest BCUT2D eigenvalue weighted by molar-refractivity contribution is 0.0272. The van der Waals surface area contributed by atoms with Crippen LogP contribution in [-0.4, -0.2) is 51.4 Å². The number of hydrazine groups is 1. The van der Waals surface area contributed by atoms with Crippen molar-refractivity contribution in [3.8, 4) is 0 Å². The Bertz CT molecular complexity index is 238. The van der Waals surface area contributed by atoms with Crippen LogP contribution in [0.25, 0.3) is 0 Å². The molecule has 1 heterocycles. The van der Waals surface area contributed by atoms with Gasteiger partial charge >= 0.3 is 0 Å². The van der Waals surface area contributed by atoms with Crippen LogP contribution in [0, 0.1) is 0 Å². The highest BCUT2D eigenvalue weighted by atomic mass is 35.5. The zero-order valence-corrected chi connectivity index (χ0v) is 8.77. The lowest BCUT2D eigenvalue weighted by Crippen LogP contribution is -2.49. The molecule has 0 aliphatic carbocycles. The topological polar surface area (TPSA) is 58.6 Å². The molecule has 0 unspecified atom stereocenters. The number of nitrogens with one attached hydrogen (secondary N) is 1. The maximum Gasteiger partial charge on any atom is 0.225 e. The fraction of sp³-hybridized carbons (Fsp3) is 1.00. The third-order valence-electron chi connectivity index (χ3n) is 1.63. The molecule has 5 nitrogen and oxygen atoms in total. The molecule has 0 aromatic carbocycles. The summed E-state index contributed by atoms with van der Waals surface area (Å²) < 4.78 is 27.5. The van der Waals surface area contributed by atoms with Gasteiger partial charge < -0.3 is 4.74 Å². The summed E-state index contributed by atoms with van der Waals surface area (Å²) in [5.41, 5.74) is 0. The van der Waals surface area contributed by atoms with E-state index < -0.39 is 10.0 Å². The molecule has 0 saturated carbocycles. The Morgan fingerprint density at radius 3 is 2.54 bits per heavy atom. The average molecular weight is 229 g/mol. The van der Waals surface area contributed by atoms with E-state index in [4.69, 9.17) is 16.3 Å². The number of rotatable bonds is 4. The molecule has 0 spiro atoms. The summed E-state index contributed by atoms with van der Waals surface area (Å²) in [6, 6.07) is 0. The van der Waals surface area contributed by atoms with E-state index in [0.29, 0.717) is 26.3 Å². The van der Waals surface area contributed by atoms with Crippen LogP contribution in [0.5, 0.6) is 0 Å². The Kier molecular flexibility index (Phi) is 4.40. The minimum absolute atomic E-state index is 0.0497. The van der Waals surface area contributed by atoms with Crippen molar-refractivity contribution in [2.75, 3.05) is 37.9 Å². The highest BCUT2D eigenvalue weighted by Crippen LogP contribution is 1.95. The Morgan fingerprint density at radius 2 is 2.00 bits per heavy atom. The van der Waals surface area contributed by atoms with Gasteiger partial charge in [0.15, 0.2) is 0 Å². The van der Waals surface area contributed by atoms with E-state index in [1.165, 1.54) is 0 Å². The smallest absolute Gasteiger partial charge is 0.225 e. The van der Waals surface area contributed by atoms with Crippen LogP contribution >= 0.6 is 11.6 Å². The van der Waals surface area contributed by atoms with Crippen molar-refractivity contribution in [2.45, 2.75) is 0 Å². The van der Waals surface area contributed by atoms with E-state index in [9.17, 15) is 8.42 Å². The second kappa shape index (κ2) is 5.11. The standard InChI is InChI=1S/C6H13ClN2O3S/c7-1-6-13(10,11)8-9-2-4-12-5-3-9/h8H,1-6H2. The molecule has 1 N–H and O–H groups in total. The van der Waals surface area contributed by atoms with Crippen LogP contribution < -0.4 is 4.83 Å². The van der Waals surface area contributed by atoms with E-state index in [2.05, 4.69) is 4.83 Å². The van der Waals surface area contributed by atoms with Crippen LogP contribution in [0.1, 0.15) is 0 Å². The minimum atomic E-state index is -3.24. The van der Waals surface area contributed by atoms with Gasteiger partial charge in [-0.2, -0.15) is 0 Å². The Labute approximate surface area is 83.0 Å². The fourth-order valence-electron chi connectivity index (χ4n) is 0.999. The Balaban J connectivity index is 2.37. The normalized spacial score (nSPS) is 20.4. The molecular weight excluding hydrogens is 216 g/mol. The van der Waals surface area contributed by atoms with Gasteiger partial charge in [-0.1, -0.05) is 0 Å². The molecule has 13 heavy (non-hydrogen) atoms. The summed E-state index contributed by atoms with van der Waals surface area (Å²) in [6.45, 7) is 2.29. The van der Waals surface area contributed by atoms with E-state index >= 15 is 0 Å². The summed E-state index contributed by atoms with van der Waals surface area (Å²) in [5.74, 6) is 0.0611. The predicted octanol–water partition coefficient (Wildman–Crippen LogP) is -0.608. The van der Waals surface area contributed by atoms with Gasteiger partial charge in [0, 0.05) is 19.0 Å². The SMILES string of the molecule is O=S(=O)(CCCl)NN1CCOCC1. The Morgan fingerprint density at radius 1 is 1.38 bits per heavy atom. The maximum atomic E-state index is 11.2. The summed E-state index contributed by atoms with van der Waals surface area (Å²) in [7, 11) is -3.24. The molecular formula is C6H13ClN2O3S. The quantitative estimate of drug-likeness (QED) is 0.653. The molecule has 1 saturated heterocycles. The fourth-order valence-corrected chi connectivity index (χ4v) is 2.48. The highest BCUT2D eigenvalue weighted by molar-refractivity contribution is 7.89. The molecule has 0 aromatic heterocycles. The number of ether oxygens (including phenoxy) is 1. The van der Waals surface area contributed by atoms with Crippen molar-refractivity contribution in [3.05, 3.63) is 0 Å². The molecule has 1 aliphatic heterocycles. The monoisotopic (exact) mass is 228 g/mol. The van der Waals surface area contributed by atoms with Crippen molar-refractivity contribution >= 4 is 21.6 Å². The number of alkyl halides is 1. The average Bonchev–Trinajstić information content (AvgIpc) is 2.04. The van der Waals surface area contributed by atoms with Gasteiger partial charge in [-0.25, -0.2) is 13.4 Å². The van der Waals surface area contributed by atoms with Gasteiger partial charge in [-0.05, 0) is 0 Å². The number of hydrogen-bond donors (Lipinski definition) is 1. The Hall–Kier alpha value is 0.120. The van der Waals surface area contributed by atoms with E-state index in [1.54, 1.807) is 5.01 Å². The van der Waals surface area contributed by atoms with Crippen molar-refractivity contribution in [1.82, 2.24) is 9.84 Å². The molecule has 0 amide bonds. The van der Waals surface area contributed by atoms with Crippen LogP contribution in [-0.2, 0) is 14.8 Å². The van der Waals surface area contributed by atoms with Crippen molar-refractivity contribution in [3.63, 3.8) is 0 Å². The van der Waals surface area contributed by atoms with Crippen LogP contribution in [0.15, 0.2) is 0 Å². The zero-order valence-electron chi connectivity index (χ0n) is 7.20. The first-order valence-electron chi connectivity index (χ1n) is 4.03. The predicted molar refractivity (Wildman–Crippen MR) is 50.0 cm³/mol. The van der Waals surface area contributed by atoms with Crippen LogP contribution in [0.2, 0.25) is 0 Å². The number of nitrogens with zero attached hydrogens (tertiary/aromatic N) is 1. The van der Waals surface area contributed by atoms with Gasteiger partial charge in [-0.15, -0.1) is 16.4 Å².